The van der Waals surface area contributed by atoms with Crippen LogP contribution in [-0.4, -0.2) is 22.2 Å². The second-order valence-corrected chi connectivity index (χ2v) is 5.75. The summed E-state index contributed by atoms with van der Waals surface area (Å²) in [6, 6.07) is 4.41. The third-order valence-electron chi connectivity index (χ3n) is 3.55. The van der Waals surface area contributed by atoms with Gasteiger partial charge in [-0.1, -0.05) is 19.9 Å². The summed E-state index contributed by atoms with van der Waals surface area (Å²) in [4.78, 5) is 12.0. The minimum Gasteiger partial charge on any atom is -0.507 e. The minimum atomic E-state index is -0.409. The molecule has 1 amide bonds. The number of amides is 1. The molecule has 1 aromatic rings. The number of phenolic OH excluding ortho intramolecular Hbond substituents is 2. The van der Waals surface area contributed by atoms with Crippen molar-refractivity contribution in [2.45, 2.75) is 39.2 Å². The number of hydrogen-bond acceptors (Lipinski definition) is 3. The van der Waals surface area contributed by atoms with Gasteiger partial charge in [-0.15, -0.1) is 0 Å². The molecule has 1 aliphatic rings. The summed E-state index contributed by atoms with van der Waals surface area (Å²) in [5, 5.41) is 22.1. The van der Waals surface area contributed by atoms with Crippen molar-refractivity contribution in [3.8, 4) is 11.5 Å². The van der Waals surface area contributed by atoms with E-state index >= 15 is 0 Å². The van der Waals surface area contributed by atoms with E-state index < -0.39 is 5.91 Å². The molecule has 1 aliphatic carbocycles. The van der Waals surface area contributed by atoms with Crippen LogP contribution in [0.25, 0.3) is 0 Å². The fourth-order valence-corrected chi connectivity index (χ4v) is 2.58. The number of rotatable bonds is 2. The number of carbonyl (C=O) groups is 1. The lowest BCUT2D eigenvalue weighted by molar-refractivity contribution is 0.0930. The third kappa shape index (κ3) is 2.58. The number of carbonyl (C=O) groups excluding carboxylic acids is 1. The molecule has 1 aromatic carbocycles. The second kappa shape index (κ2) is 4.52. The van der Waals surface area contributed by atoms with Gasteiger partial charge in [-0.3, -0.25) is 4.79 Å². The van der Waals surface area contributed by atoms with E-state index in [0.717, 1.165) is 19.3 Å². The second-order valence-electron chi connectivity index (χ2n) is 5.75. The molecule has 3 N–H and O–H groups in total. The molecular formula is C14H19NO3. The average molecular weight is 249 g/mol. The molecule has 1 fully saturated rings. The maximum absolute atomic E-state index is 12.0. The summed E-state index contributed by atoms with van der Waals surface area (Å²) in [5.74, 6) is -0.789. The number of aromatic hydroxyl groups is 2. The Kier molecular flexibility index (Phi) is 3.20. The number of hydrogen-bond donors (Lipinski definition) is 3. The molecule has 1 saturated carbocycles. The van der Waals surface area contributed by atoms with Crippen LogP contribution in [0.15, 0.2) is 18.2 Å². The first kappa shape index (κ1) is 12.7. The molecule has 1 atom stereocenters. The molecule has 0 heterocycles. The first-order chi connectivity index (χ1) is 8.39. The summed E-state index contributed by atoms with van der Waals surface area (Å²) >= 11 is 0. The Morgan fingerprint density at radius 3 is 2.44 bits per heavy atom. The van der Waals surface area contributed by atoms with Gasteiger partial charge in [0.25, 0.3) is 5.91 Å². The Hall–Kier alpha value is -1.71. The smallest absolute Gasteiger partial charge is 0.259 e. The molecule has 0 radical (unpaired) electrons. The molecule has 0 aromatic heterocycles. The predicted octanol–water partition coefficient (Wildman–Crippen LogP) is 2.41. The topological polar surface area (TPSA) is 69.6 Å². The monoisotopic (exact) mass is 249 g/mol. The van der Waals surface area contributed by atoms with Crippen molar-refractivity contribution >= 4 is 5.91 Å². The third-order valence-corrected chi connectivity index (χ3v) is 3.55. The molecule has 0 bridgehead atoms. The summed E-state index contributed by atoms with van der Waals surface area (Å²) in [6.07, 6.45) is 2.94. The van der Waals surface area contributed by atoms with Crippen LogP contribution in [0.5, 0.6) is 11.5 Å². The van der Waals surface area contributed by atoms with E-state index in [-0.39, 0.29) is 28.5 Å². The summed E-state index contributed by atoms with van der Waals surface area (Å²) in [6.45, 7) is 4.35. The van der Waals surface area contributed by atoms with Gasteiger partial charge in [-0.2, -0.15) is 0 Å². The Bertz CT molecular complexity index is 448. The van der Waals surface area contributed by atoms with Crippen molar-refractivity contribution in [3.05, 3.63) is 23.8 Å². The normalized spacial score (nSPS) is 21.8. The van der Waals surface area contributed by atoms with Gasteiger partial charge in [-0.25, -0.2) is 0 Å². The molecule has 2 rings (SSSR count). The van der Waals surface area contributed by atoms with Gasteiger partial charge in [0, 0.05) is 6.04 Å². The summed E-state index contributed by atoms with van der Waals surface area (Å²) in [5.41, 5.74) is 0.209. The van der Waals surface area contributed by atoms with Crippen molar-refractivity contribution < 1.29 is 15.0 Å². The number of benzene rings is 1. The standard InChI is InChI=1S/C14H19NO3/c1-14(2)7-6-9(8-14)15-13(18)12-10(16)4-3-5-11(12)17/h3-5,9,16-17H,6-8H2,1-2H3,(H,15,18). The Morgan fingerprint density at radius 2 is 1.94 bits per heavy atom. The Balaban J connectivity index is 2.09. The van der Waals surface area contributed by atoms with Gasteiger partial charge in [0.05, 0.1) is 0 Å². The van der Waals surface area contributed by atoms with E-state index in [1.54, 1.807) is 0 Å². The fraction of sp³-hybridized carbons (Fsp3) is 0.500. The van der Waals surface area contributed by atoms with Crippen molar-refractivity contribution in [1.82, 2.24) is 5.32 Å². The molecule has 1 unspecified atom stereocenters. The van der Waals surface area contributed by atoms with E-state index in [1.165, 1.54) is 18.2 Å². The number of phenols is 2. The molecule has 0 aliphatic heterocycles. The fourth-order valence-electron chi connectivity index (χ4n) is 2.58. The zero-order valence-corrected chi connectivity index (χ0v) is 10.7. The van der Waals surface area contributed by atoms with E-state index in [0.29, 0.717) is 0 Å². The van der Waals surface area contributed by atoms with Gasteiger partial charge in [0.2, 0.25) is 0 Å². The van der Waals surface area contributed by atoms with Gasteiger partial charge in [0.1, 0.15) is 17.1 Å². The van der Waals surface area contributed by atoms with Crippen molar-refractivity contribution in [3.63, 3.8) is 0 Å². The highest BCUT2D eigenvalue weighted by molar-refractivity contribution is 5.99. The Morgan fingerprint density at radius 1 is 1.33 bits per heavy atom. The SMILES string of the molecule is CC1(C)CCC(NC(=O)c2c(O)cccc2O)C1. The lowest BCUT2D eigenvalue weighted by atomic mass is 9.92. The van der Waals surface area contributed by atoms with E-state index in [1.807, 2.05) is 0 Å². The zero-order chi connectivity index (χ0) is 13.3. The van der Waals surface area contributed by atoms with E-state index in [4.69, 9.17) is 0 Å². The van der Waals surface area contributed by atoms with Crippen LogP contribution >= 0.6 is 0 Å². The van der Waals surface area contributed by atoms with Gasteiger partial charge in [0.15, 0.2) is 0 Å². The van der Waals surface area contributed by atoms with Gasteiger partial charge < -0.3 is 15.5 Å². The van der Waals surface area contributed by atoms with Crippen molar-refractivity contribution in [2.24, 2.45) is 5.41 Å². The molecular weight excluding hydrogens is 230 g/mol. The molecule has 18 heavy (non-hydrogen) atoms. The van der Waals surface area contributed by atoms with E-state index in [9.17, 15) is 15.0 Å². The lowest BCUT2D eigenvalue weighted by Gasteiger charge is -2.18. The maximum atomic E-state index is 12.0. The molecule has 0 spiro atoms. The molecule has 98 valence electrons. The summed E-state index contributed by atoms with van der Waals surface area (Å²) in [7, 11) is 0. The van der Waals surface area contributed by atoms with Crippen LogP contribution < -0.4 is 5.32 Å². The van der Waals surface area contributed by atoms with Crippen LogP contribution in [-0.2, 0) is 0 Å². The minimum absolute atomic E-state index is 0.0396. The zero-order valence-electron chi connectivity index (χ0n) is 10.7. The van der Waals surface area contributed by atoms with Gasteiger partial charge in [-0.05, 0) is 36.8 Å². The Labute approximate surface area is 107 Å². The van der Waals surface area contributed by atoms with Gasteiger partial charge >= 0.3 is 0 Å². The van der Waals surface area contributed by atoms with Crippen LogP contribution in [0.2, 0.25) is 0 Å². The van der Waals surface area contributed by atoms with Crippen molar-refractivity contribution in [1.29, 1.82) is 0 Å². The van der Waals surface area contributed by atoms with Crippen LogP contribution in [0.4, 0.5) is 0 Å². The highest BCUT2D eigenvalue weighted by atomic mass is 16.3. The van der Waals surface area contributed by atoms with E-state index in [2.05, 4.69) is 19.2 Å². The average Bonchev–Trinajstić information content (AvgIpc) is 2.57. The van der Waals surface area contributed by atoms with Crippen LogP contribution in [0.3, 0.4) is 0 Å². The number of nitrogens with one attached hydrogen (secondary N) is 1. The first-order valence-electron chi connectivity index (χ1n) is 6.21. The predicted molar refractivity (Wildman–Crippen MR) is 68.7 cm³/mol. The molecule has 0 saturated heterocycles. The molecule has 4 nitrogen and oxygen atoms in total. The molecule has 4 heteroatoms. The highest BCUT2D eigenvalue weighted by Crippen LogP contribution is 2.37. The lowest BCUT2D eigenvalue weighted by Crippen LogP contribution is -2.33. The largest absolute Gasteiger partial charge is 0.507 e. The van der Waals surface area contributed by atoms with Crippen LogP contribution in [0.1, 0.15) is 43.5 Å². The first-order valence-corrected chi connectivity index (χ1v) is 6.21. The quantitative estimate of drug-likeness (QED) is 0.753. The van der Waals surface area contributed by atoms with Crippen molar-refractivity contribution in [2.75, 3.05) is 0 Å². The highest BCUT2D eigenvalue weighted by Gasteiger charge is 2.32. The summed E-state index contributed by atoms with van der Waals surface area (Å²) < 4.78 is 0. The maximum Gasteiger partial charge on any atom is 0.259 e. The van der Waals surface area contributed by atoms with Crippen LogP contribution in [0, 0.1) is 5.41 Å².